The number of pyridine rings is 1. The predicted molar refractivity (Wildman–Crippen MR) is 110 cm³/mol. The lowest BCUT2D eigenvalue weighted by atomic mass is 10.2. The summed E-state index contributed by atoms with van der Waals surface area (Å²) in [4.78, 5) is 26.3. The summed E-state index contributed by atoms with van der Waals surface area (Å²) in [5.41, 5.74) is 3.90. The third kappa shape index (κ3) is 3.41. The van der Waals surface area contributed by atoms with E-state index in [2.05, 4.69) is 20.3 Å². The summed E-state index contributed by atoms with van der Waals surface area (Å²) >= 11 is 1.40. The summed E-state index contributed by atoms with van der Waals surface area (Å²) in [6, 6.07) is 13.8. The van der Waals surface area contributed by atoms with Gasteiger partial charge in [-0.15, -0.1) is 11.3 Å². The molecule has 0 atom stereocenters. The van der Waals surface area contributed by atoms with E-state index in [1.165, 1.54) is 24.2 Å². The van der Waals surface area contributed by atoms with Crippen LogP contribution in [-0.2, 0) is 13.0 Å². The maximum absolute atomic E-state index is 12.7. The molecule has 1 aliphatic rings. The average Bonchev–Trinajstić information content (AvgIpc) is 3.35. The van der Waals surface area contributed by atoms with Crippen LogP contribution >= 0.6 is 11.3 Å². The number of aryl methyl sites for hydroxylation is 2. The Morgan fingerprint density at radius 1 is 1.14 bits per heavy atom. The lowest BCUT2D eigenvalue weighted by Gasteiger charge is -2.09. The van der Waals surface area contributed by atoms with Gasteiger partial charge < -0.3 is 4.57 Å². The fourth-order valence-corrected chi connectivity index (χ4v) is 4.08. The Labute approximate surface area is 166 Å². The number of amides is 1. The first-order valence-electron chi connectivity index (χ1n) is 9.40. The Kier molecular flexibility index (Phi) is 4.37. The Bertz CT molecular complexity index is 1130. The monoisotopic (exact) mass is 389 g/mol. The van der Waals surface area contributed by atoms with Crippen molar-refractivity contribution in [1.29, 1.82) is 0 Å². The second kappa shape index (κ2) is 7.16. The van der Waals surface area contributed by atoms with Gasteiger partial charge in [0.15, 0.2) is 5.01 Å². The van der Waals surface area contributed by atoms with Gasteiger partial charge in [0.05, 0.1) is 16.7 Å². The molecule has 140 valence electrons. The van der Waals surface area contributed by atoms with E-state index in [1.54, 1.807) is 6.20 Å². The number of rotatable bonds is 6. The maximum atomic E-state index is 12.7. The molecule has 6 nitrogen and oxygen atoms in total. The minimum atomic E-state index is -0.203. The second-order valence-corrected chi connectivity index (χ2v) is 7.81. The molecule has 1 aromatic carbocycles. The molecule has 1 saturated carbocycles. The van der Waals surface area contributed by atoms with E-state index in [4.69, 9.17) is 0 Å². The van der Waals surface area contributed by atoms with Crippen LogP contribution in [0.15, 0.2) is 54.0 Å². The number of imidazole rings is 1. The van der Waals surface area contributed by atoms with E-state index in [0.717, 1.165) is 28.8 Å². The summed E-state index contributed by atoms with van der Waals surface area (Å²) in [6.45, 7) is 0.679. The van der Waals surface area contributed by atoms with Crippen LogP contribution in [0, 0.1) is 0 Å². The van der Waals surface area contributed by atoms with E-state index in [9.17, 15) is 4.79 Å². The molecular weight excluding hydrogens is 370 g/mol. The van der Waals surface area contributed by atoms with Gasteiger partial charge >= 0.3 is 0 Å². The van der Waals surface area contributed by atoms with Crippen molar-refractivity contribution in [2.24, 2.45) is 0 Å². The van der Waals surface area contributed by atoms with Crippen LogP contribution in [0.25, 0.3) is 11.0 Å². The zero-order chi connectivity index (χ0) is 18.9. The van der Waals surface area contributed by atoms with Gasteiger partial charge in [0, 0.05) is 36.2 Å². The van der Waals surface area contributed by atoms with E-state index < -0.39 is 0 Å². The second-order valence-electron chi connectivity index (χ2n) is 6.95. The van der Waals surface area contributed by atoms with E-state index in [-0.39, 0.29) is 5.91 Å². The number of nitrogens with zero attached hydrogens (tertiary/aromatic N) is 4. The summed E-state index contributed by atoms with van der Waals surface area (Å²) in [7, 11) is 0. The highest BCUT2D eigenvalue weighted by atomic mass is 32.1. The number of thiazole rings is 1. The number of hydrogen-bond donors (Lipinski definition) is 1. The zero-order valence-corrected chi connectivity index (χ0v) is 16.0. The number of para-hydroxylation sites is 2. The fourth-order valence-electron chi connectivity index (χ4n) is 3.28. The summed E-state index contributed by atoms with van der Waals surface area (Å²) in [5.74, 6) is 0.886. The summed E-state index contributed by atoms with van der Waals surface area (Å²) in [6.07, 6.45) is 4.90. The molecule has 3 heterocycles. The van der Waals surface area contributed by atoms with Crippen molar-refractivity contribution in [3.05, 3.63) is 70.4 Å². The van der Waals surface area contributed by atoms with Gasteiger partial charge in [0.1, 0.15) is 0 Å². The van der Waals surface area contributed by atoms with Gasteiger partial charge in [0.2, 0.25) is 5.95 Å². The Balaban J connectivity index is 1.41. The number of hydrogen-bond acceptors (Lipinski definition) is 5. The Hall–Kier alpha value is -3.06. The van der Waals surface area contributed by atoms with Crippen LogP contribution in [0.5, 0.6) is 0 Å². The third-order valence-corrected chi connectivity index (χ3v) is 5.77. The summed E-state index contributed by atoms with van der Waals surface area (Å²) in [5, 5.41) is 5.45. The van der Waals surface area contributed by atoms with Crippen LogP contribution in [0.1, 0.15) is 39.9 Å². The molecule has 1 amide bonds. The van der Waals surface area contributed by atoms with Crippen LogP contribution in [0.4, 0.5) is 5.95 Å². The van der Waals surface area contributed by atoms with E-state index >= 15 is 0 Å². The molecule has 1 aliphatic carbocycles. The molecule has 7 heteroatoms. The highest BCUT2D eigenvalue weighted by molar-refractivity contribution is 7.11. The van der Waals surface area contributed by atoms with Crippen LogP contribution in [0.3, 0.4) is 0 Å². The number of anilines is 1. The minimum absolute atomic E-state index is 0.203. The molecule has 0 spiro atoms. The fraction of sp³-hybridized carbons (Fsp3) is 0.238. The minimum Gasteiger partial charge on any atom is -0.310 e. The molecule has 1 fully saturated rings. The topological polar surface area (TPSA) is 72.7 Å². The smallest absolute Gasteiger partial charge is 0.286 e. The lowest BCUT2D eigenvalue weighted by molar-refractivity contribution is 0.102. The van der Waals surface area contributed by atoms with Gasteiger partial charge in [-0.25, -0.2) is 9.97 Å². The van der Waals surface area contributed by atoms with Gasteiger partial charge in [-0.2, -0.15) is 0 Å². The molecule has 0 saturated heterocycles. The first-order valence-corrected chi connectivity index (χ1v) is 10.3. The zero-order valence-electron chi connectivity index (χ0n) is 15.2. The van der Waals surface area contributed by atoms with Crippen LogP contribution in [0.2, 0.25) is 0 Å². The number of fused-ring (bicyclic) bond motifs is 1. The highest BCUT2D eigenvalue weighted by Gasteiger charge is 2.27. The van der Waals surface area contributed by atoms with Crippen molar-refractivity contribution in [3.63, 3.8) is 0 Å². The quantitative estimate of drug-likeness (QED) is 0.535. The van der Waals surface area contributed by atoms with Gasteiger partial charge in [-0.1, -0.05) is 18.2 Å². The molecule has 28 heavy (non-hydrogen) atoms. The van der Waals surface area contributed by atoms with Crippen LogP contribution in [-0.4, -0.2) is 25.4 Å². The van der Waals surface area contributed by atoms with E-state index in [0.29, 0.717) is 23.4 Å². The van der Waals surface area contributed by atoms with Crippen molar-refractivity contribution in [3.8, 4) is 0 Å². The van der Waals surface area contributed by atoms with Crippen molar-refractivity contribution in [2.75, 3.05) is 5.32 Å². The average molecular weight is 389 g/mol. The van der Waals surface area contributed by atoms with Gasteiger partial charge in [-0.3, -0.25) is 15.1 Å². The molecule has 0 unspecified atom stereocenters. The molecule has 4 aromatic rings. The summed E-state index contributed by atoms with van der Waals surface area (Å²) < 4.78 is 2.04. The molecule has 0 aliphatic heterocycles. The number of carbonyl (C=O) groups is 1. The highest BCUT2D eigenvalue weighted by Crippen LogP contribution is 2.40. The largest absolute Gasteiger partial charge is 0.310 e. The normalized spacial score (nSPS) is 13.7. The Morgan fingerprint density at radius 2 is 2.00 bits per heavy atom. The van der Waals surface area contributed by atoms with Crippen molar-refractivity contribution in [1.82, 2.24) is 19.5 Å². The number of aromatic nitrogens is 4. The molecule has 1 N–H and O–H groups in total. The third-order valence-electron chi connectivity index (χ3n) is 4.91. The number of benzene rings is 1. The van der Waals surface area contributed by atoms with Crippen molar-refractivity contribution < 1.29 is 4.79 Å². The number of nitrogens with one attached hydrogen (secondary N) is 1. The number of carbonyl (C=O) groups excluding carboxylic acids is 1. The van der Waals surface area contributed by atoms with E-state index in [1.807, 2.05) is 52.4 Å². The van der Waals surface area contributed by atoms with Crippen molar-refractivity contribution in [2.45, 2.75) is 31.7 Å². The molecule has 5 rings (SSSR count). The van der Waals surface area contributed by atoms with Crippen LogP contribution < -0.4 is 5.32 Å². The first kappa shape index (κ1) is 17.1. The Morgan fingerprint density at radius 3 is 2.82 bits per heavy atom. The molecule has 0 bridgehead atoms. The van der Waals surface area contributed by atoms with Gasteiger partial charge in [0.25, 0.3) is 5.91 Å². The maximum Gasteiger partial charge on any atom is 0.286 e. The predicted octanol–water partition coefficient (Wildman–Crippen LogP) is 4.26. The molecular formula is C21H19N5OS. The first-order chi connectivity index (χ1) is 13.8. The van der Waals surface area contributed by atoms with Gasteiger partial charge in [-0.05, 0) is 37.1 Å². The van der Waals surface area contributed by atoms with Crippen molar-refractivity contribution >= 4 is 34.2 Å². The molecule has 0 radical (unpaired) electrons. The SMILES string of the molecule is O=C(Nc1nc2ccccc2n1CCc1ccccn1)c1nc(C2CC2)cs1. The molecule has 3 aromatic heterocycles. The standard InChI is InChI=1S/C21H19N5OS/c27-19(20-23-17(13-28-20)14-8-9-14)25-21-24-16-6-1-2-7-18(16)26(21)12-10-15-5-3-4-11-22-15/h1-7,11,13-14H,8-10,12H2,(H,24,25,27). The lowest BCUT2D eigenvalue weighted by Crippen LogP contribution is -2.16.